The van der Waals surface area contributed by atoms with E-state index in [0.717, 1.165) is 17.0 Å². The summed E-state index contributed by atoms with van der Waals surface area (Å²) in [6.07, 6.45) is 0.686. The second kappa shape index (κ2) is 6.99. The maximum Gasteiger partial charge on any atom is 0.251 e. The van der Waals surface area contributed by atoms with Gasteiger partial charge in [-0.2, -0.15) is 0 Å². The van der Waals surface area contributed by atoms with Crippen LogP contribution >= 0.6 is 0 Å². The molecule has 1 aromatic heterocycles. The van der Waals surface area contributed by atoms with E-state index in [-0.39, 0.29) is 17.9 Å². The molecular formula is C19H22N2O5. The Labute approximate surface area is 151 Å². The SMILES string of the molecule is Cc1cc(C[C@@H]2COC[C@@H]2NC(=O)c2cc3c(cc2C)OCCO3)on1. The average Bonchev–Trinajstić information content (AvgIpc) is 3.23. The van der Waals surface area contributed by atoms with Crippen LogP contribution in [0.3, 0.4) is 0 Å². The molecule has 1 saturated heterocycles. The molecule has 0 unspecified atom stereocenters. The second-order valence-corrected chi connectivity index (χ2v) is 6.83. The van der Waals surface area contributed by atoms with Gasteiger partial charge in [-0.1, -0.05) is 5.16 Å². The Morgan fingerprint density at radius 1 is 1.15 bits per heavy atom. The molecule has 1 N–H and O–H groups in total. The monoisotopic (exact) mass is 358 g/mol. The Morgan fingerprint density at radius 2 is 1.92 bits per heavy atom. The summed E-state index contributed by atoms with van der Waals surface area (Å²) in [6.45, 7) is 5.89. The fourth-order valence-electron chi connectivity index (χ4n) is 3.41. The number of aromatic nitrogens is 1. The molecule has 26 heavy (non-hydrogen) atoms. The standard InChI is InChI=1S/C19H22N2O5/c1-11-5-17-18(25-4-3-24-17)8-15(11)19(22)20-16-10-23-9-13(16)7-14-6-12(2)21-26-14/h5-6,8,13,16H,3-4,7,9-10H2,1-2H3,(H,20,22)/t13-,16+/m1/s1. The Bertz CT molecular complexity index is 816. The molecule has 1 amide bonds. The van der Waals surface area contributed by atoms with Crippen molar-refractivity contribution in [1.82, 2.24) is 10.5 Å². The van der Waals surface area contributed by atoms with E-state index in [2.05, 4.69) is 10.5 Å². The Balaban J connectivity index is 1.47. The highest BCUT2D eigenvalue weighted by Crippen LogP contribution is 2.33. The van der Waals surface area contributed by atoms with Gasteiger partial charge < -0.3 is 24.1 Å². The molecule has 2 aromatic rings. The summed E-state index contributed by atoms with van der Waals surface area (Å²) in [5.74, 6) is 2.14. The van der Waals surface area contributed by atoms with Crippen LogP contribution in [0.25, 0.3) is 0 Å². The van der Waals surface area contributed by atoms with Crippen LogP contribution in [0.4, 0.5) is 0 Å². The summed E-state index contributed by atoms with van der Waals surface area (Å²) in [7, 11) is 0. The number of ether oxygens (including phenoxy) is 3. The lowest BCUT2D eigenvalue weighted by atomic mass is 9.97. The Kier molecular flexibility index (Phi) is 4.55. The van der Waals surface area contributed by atoms with Crippen molar-refractivity contribution in [3.05, 3.63) is 40.8 Å². The van der Waals surface area contributed by atoms with Crippen molar-refractivity contribution in [2.45, 2.75) is 26.3 Å². The predicted octanol–water partition coefficient (Wildman–Crippen LogP) is 2.05. The summed E-state index contributed by atoms with van der Waals surface area (Å²) in [5.41, 5.74) is 2.30. The largest absolute Gasteiger partial charge is 0.486 e. The topological polar surface area (TPSA) is 82.8 Å². The van der Waals surface area contributed by atoms with Gasteiger partial charge in [0.1, 0.15) is 19.0 Å². The predicted molar refractivity (Wildman–Crippen MR) is 92.7 cm³/mol. The van der Waals surface area contributed by atoms with Crippen molar-refractivity contribution >= 4 is 5.91 Å². The summed E-state index contributed by atoms with van der Waals surface area (Å²) < 4.78 is 22.0. The van der Waals surface area contributed by atoms with Gasteiger partial charge >= 0.3 is 0 Å². The van der Waals surface area contributed by atoms with E-state index in [4.69, 9.17) is 18.7 Å². The number of rotatable bonds is 4. The van der Waals surface area contributed by atoms with Gasteiger partial charge in [0.05, 0.1) is 24.9 Å². The summed E-state index contributed by atoms with van der Waals surface area (Å²) in [5, 5.41) is 7.01. The number of amides is 1. The zero-order valence-electron chi connectivity index (χ0n) is 14.9. The maximum atomic E-state index is 12.8. The Morgan fingerprint density at radius 3 is 2.65 bits per heavy atom. The van der Waals surface area contributed by atoms with E-state index in [1.165, 1.54) is 0 Å². The molecule has 0 spiro atoms. The first kappa shape index (κ1) is 16.9. The van der Waals surface area contributed by atoms with Crippen LogP contribution in [0, 0.1) is 19.8 Å². The molecule has 138 valence electrons. The fourth-order valence-corrected chi connectivity index (χ4v) is 3.41. The third-order valence-corrected chi connectivity index (χ3v) is 4.79. The van der Waals surface area contributed by atoms with Gasteiger partial charge in [-0.15, -0.1) is 0 Å². The maximum absolute atomic E-state index is 12.8. The molecule has 0 radical (unpaired) electrons. The van der Waals surface area contributed by atoms with Crippen molar-refractivity contribution in [3.8, 4) is 11.5 Å². The normalized spacial score (nSPS) is 21.6. The van der Waals surface area contributed by atoms with Crippen LogP contribution in [0.15, 0.2) is 22.7 Å². The van der Waals surface area contributed by atoms with Gasteiger partial charge in [-0.25, -0.2) is 0 Å². The molecule has 2 aliphatic rings. The molecule has 0 saturated carbocycles. The molecule has 3 heterocycles. The highest BCUT2D eigenvalue weighted by Gasteiger charge is 2.31. The lowest BCUT2D eigenvalue weighted by Gasteiger charge is -2.22. The third-order valence-electron chi connectivity index (χ3n) is 4.79. The number of carbonyl (C=O) groups is 1. The van der Waals surface area contributed by atoms with Crippen LogP contribution in [0.2, 0.25) is 0 Å². The van der Waals surface area contributed by atoms with E-state index >= 15 is 0 Å². The van der Waals surface area contributed by atoms with Crippen LogP contribution in [0.1, 0.15) is 27.4 Å². The summed E-state index contributed by atoms with van der Waals surface area (Å²) in [6, 6.07) is 5.45. The van der Waals surface area contributed by atoms with Gasteiger partial charge in [0, 0.05) is 24.0 Å². The van der Waals surface area contributed by atoms with E-state index in [1.54, 1.807) is 6.07 Å². The van der Waals surface area contributed by atoms with E-state index < -0.39 is 0 Å². The van der Waals surface area contributed by atoms with Crippen molar-refractivity contribution in [1.29, 1.82) is 0 Å². The van der Waals surface area contributed by atoms with E-state index in [9.17, 15) is 4.79 Å². The zero-order valence-corrected chi connectivity index (χ0v) is 14.9. The average molecular weight is 358 g/mol. The lowest BCUT2D eigenvalue weighted by molar-refractivity contribution is 0.0922. The van der Waals surface area contributed by atoms with Crippen LogP contribution in [-0.2, 0) is 11.2 Å². The first-order chi connectivity index (χ1) is 12.6. The molecular weight excluding hydrogens is 336 g/mol. The third kappa shape index (κ3) is 3.39. The molecule has 2 aliphatic heterocycles. The molecule has 7 nitrogen and oxygen atoms in total. The van der Waals surface area contributed by atoms with Crippen LogP contribution in [-0.4, -0.2) is 43.5 Å². The number of hydrogen-bond acceptors (Lipinski definition) is 6. The van der Waals surface area contributed by atoms with Gasteiger partial charge in [0.2, 0.25) is 0 Å². The minimum atomic E-state index is -0.131. The van der Waals surface area contributed by atoms with Gasteiger partial charge in [0.25, 0.3) is 5.91 Å². The molecule has 0 aliphatic carbocycles. The number of hydrogen-bond donors (Lipinski definition) is 1. The van der Waals surface area contributed by atoms with Crippen molar-refractivity contribution < 1.29 is 23.5 Å². The molecule has 1 fully saturated rings. The smallest absolute Gasteiger partial charge is 0.251 e. The highest BCUT2D eigenvalue weighted by molar-refractivity contribution is 5.96. The summed E-state index contributed by atoms with van der Waals surface area (Å²) in [4.78, 5) is 12.8. The van der Waals surface area contributed by atoms with E-state index in [0.29, 0.717) is 49.9 Å². The fraction of sp³-hybridized carbons (Fsp3) is 0.474. The van der Waals surface area contributed by atoms with Crippen molar-refractivity contribution in [2.24, 2.45) is 5.92 Å². The zero-order chi connectivity index (χ0) is 18.1. The highest BCUT2D eigenvalue weighted by atomic mass is 16.6. The molecule has 2 atom stereocenters. The number of carbonyl (C=O) groups excluding carboxylic acids is 1. The minimum absolute atomic E-state index is 0.0690. The second-order valence-electron chi connectivity index (χ2n) is 6.83. The first-order valence-electron chi connectivity index (χ1n) is 8.81. The number of nitrogens with zero attached hydrogens (tertiary/aromatic N) is 1. The van der Waals surface area contributed by atoms with Gasteiger partial charge in [0.15, 0.2) is 11.5 Å². The number of aryl methyl sites for hydroxylation is 2. The summed E-state index contributed by atoms with van der Waals surface area (Å²) >= 11 is 0. The molecule has 4 rings (SSSR count). The van der Waals surface area contributed by atoms with Gasteiger partial charge in [-0.05, 0) is 31.5 Å². The first-order valence-corrected chi connectivity index (χ1v) is 8.81. The number of fused-ring (bicyclic) bond motifs is 1. The van der Waals surface area contributed by atoms with Gasteiger partial charge in [-0.3, -0.25) is 4.79 Å². The van der Waals surface area contributed by atoms with E-state index in [1.807, 2.05) is 26.0 Å². The van der Waals surface area contributed by atoms with Crippen molar-refractivity contribution in [2.75, 3.05) is 26.4 Å². The van der Waals surface area contributed by atoms with Crippen LogP contribution < -0.4 is 14.8 Å². The van der Waals surface area contributed by atoms with Crippen LogP contribution in [0.5, 0.6) is 11.5 Å². The minimum Gasteiger partial charge on any atom is -0.486 e. The molecule has 1 aromatic carbocycles. The number of benzene rings is 1. The molecule has 7 heteroatoms. The quantitative estimate of drug-likeness (QED) is 0.901. The Hall–Kier alpha value is -2.54. The lowest BCUT2D eigenvalue weighted by Crippen LogP contribution is -2.40. The van der Waals surface area contributed by atoms with Crippen molar-refractivity contribution in [3.63, 3.8) is 0 Å². The number of nitrogens with one attached hydrogen (secondary N) is 1. The molecule has 0 bridgehead atoms.